The molecular formula is C51H30N2O3. The summed E-state index contributed by atoms with van der Waals surface area (Å²) < 4.78 is 19.3. The molecule has 262 valence electrons. The molecule has 1 spiro atoms. The van der Waals surface area contributed by atoms with Crippen LogP contribution in [0.1, 0.15) is 22.3 Å². The van der Waals surface area contributed by atoms with Crippen LogP contribution in [0.5, 0.6) is 11.5 Å². The van der Waals surface area contributed by atoms with Gasteiger partial charge in [-0.25, -0.2) is 9.97 Å². The van der Waals surface area contributed by atoms with E-state index in [-0.39, 0.29) is 0 Å². The smallest absolute Gasteiger partial charge is 0.227 e. The molecule has 1 aliphatic carbocycles. The highest BCUT2D eigenvalue weighted by Crippen LogP contribution is 2.62. The minimum atomic E-state index is -0.560. The van der Waals surface area contributed by atoms with Crippen LogP contribution in [0.25, 0.3) is 78.5 Å². The van der Waals surface area contributed by atoms with Crippen LogP contribution in [0.15, 0.2) is 191 Å². The molecule has 1 aliphatic heterocycles. The maximum atomic E-state index is 6.59. The second kappa shape index (κ2) is 11.7. The summed E-state index contributed by atoms with van der Waals surface area (Å²) in [5.41, 5.74) is 15.7. The SMILES string of the molecule is c1ccc2c(c1)Oc1ccccc1C21c2ccccc2-c2ccc(-c3ccccc3-c3cc(-c4nc5ccccc5o4)cc(-c4nc5ccccc5o4)c3)cc21. The molecule has 10 aromatic rings. The largest absolute Gasteiger partial charge is 0.457 e. The number of ether oxygens (including phenoxy) is 1. The summed E-state index contributed by atoms with van der Waals surface area (Å²) in [5.74, 6) is 2.83. The number of hydrogen-bond donors (Lipinski definition) is 0. The Balaban J connectivity index is 1.08. The van der Waals surface area contributed by atoms with Crippen molar-refractivity contribution in [1.82, 2.24) is 9.97 Å². The third-order valence-corrected chi connectivity index (χ3v) is 11.4. The first-order valence-corrected chi connectivity index (χ1v) is 18.8. The van der Waals surface area contributed by atoms with Gasteiger partial charge in [0.25, 0.3) is 0 Å². The van der Waals surface area contributed by atoms with Crippen LogP contribution in [-0.4, -0.2) is 9.97 Å². The van der Waals surface area contributed by atoms with E-state index in [2.05, 4.69) is 133 Å². The van der Waals surface area contributed by atoms with Crippen molar-refractivity contribution in [3.05, 3.63) is 204 Å². The number of oxazole rings is 2. The van der Waals surface area contributed by atoms with E-state index in [9.17, 15) is 0 Å². The third-order valence-electron chi connectivity index (χ3n) is 11.4. The monoisotopic (exact) mass is 718 g/mol. The molecule has 0 unspecified atom stereocenters. The highest BCUT2D eigenvalue weighted by Gasteiger charge is 2.51. The molecule has 12 rings (SSSR count). The average molecular weight is 719 g/mol. The molecule has 0 fully saturated rings. The number of rotatable bonds is 4. The molecular weight excluding hydrogens is 689 g/mol. The number of benzene rings is 8. The van der Waals surface area contributed by atoms with Crippen LogP contribution >= 0.6 is 0 Å². The van der Waals surface area contributed by atoms with Gasteiger partial charge in [-0.05, 0) is 105 Å². The first kappa shape index (κ1) is 30.9. The van der Waals surface area contributed by atoms with Gasteiger partial charge in [0, 0.05) is 22.3 Å². The Hall–Kier alpha value is -7.50. The van der Waals surface area contributed by atoms with E-state index in [1.54, 1.807) is 0 Å². The normalized spacial score (nSPS) is 13.3. The van der Waals surface area contributed by atoms with E-state index in [0.29, 0.717) is 11.8 Å². The summed E-state index contributed by atoms with van der Waals surface area (Å²) >= 11 is 0. The zero-order valence-electron chi connectivity index (χ0n) is 29.9. The van der Waals surface area contributed by atoms with Crippen LogP contribution in [0.3, 0.4) is 0 Å². The fourth-order valence-electron chi connectivity index (χ4n) is 9.03. The van der Waals surface area contributed by atoms with Crippen molar-refractivity contribution in [2.24, 2.45) is 0 Å². The lowest BCUT2D eigenvalue weighted by molar-refractivity contribution is 0.436. The first-order chi connectivity index (χ1) is 27.7. The summed E-state index contributed by atoms with van der Waals surface area (Å²) in [6, 6.07) is 63.5. The first-order valence-electron chi connectivity index (χ1n) is 18.8. The molecule has 8 aromatic carbocycles. The van der Waals surface area contributed by atoms with Crippen molar-refractivity contribution in [2.75, 3.05) is 0 Å². The van der Waals surface area contributed by atoms with E-state index < -0.39 is 5.41 Å². The van der Waals surface area contributed by atoms with Gasteiger partial charge in [0.2, 0.25) is 11.8 Å². The zero-order valence-corrected chi connectivity index (χ0v) is 29.9. The van der Waals surface area contributed by atoms with Gasteiger partial charge in [-0.15, -0.1) is 0 Å². The maximum absolute atomic E-state index is 6.59. The lowest BCUT2D eigenvalue weighted by Crippen LogP contribution is -2.32. The van der Waals surface area contributed by atoms with Gasteiger partial charge in [-0.3, -0.25) is 0 Å². The Labute approximate surface area is 322 Å². The lowest BCUT2D eigenvalue weighted by atomic mass is 9.66. The van der Waals surface area contributed by atoms with Gasteiger partial charge in [0.1, 0.15) is 22.5 Å². The molecule has 0 bridgehead atoms. The van der Waals surface area contributed by atoms with Crippen LogP contribution in [0.4, 0.5) is 0 Å². The molecule has 56 heavy (non-hydrogen) atoms. The van der Waals surface area contributed by atoms with Crippen LogP contribution in [0, 0.1) is 0 Å². The topological polar surface area (TPSA) is 61.3 Å². The van der Waals surface area contributed by atoms with Crippen molar-refractivity contribution < 1.29 is 13.6 Å². The van der Waals surface area contributed by atoms with E-state index >= 15 is 0 Å². The molecule has 3 heterocycles. The molecule has 2 aromatic heterocycles. The Morgan fingerprint density at radius 1 is 0.339 bits per heavy atom. The quantitative estimate of drug-likeness (QED) is 0.181. The lowest BCUT2D eigenvalue weighted by Gasteiger charge is -2.39. The number of nitrogens with zero attached hydrogens (tertiary/aromatic N) is 2. The van der Waals surface area contributed by atoms with E-state index in [1.165, 1.54) is 22.3 Å². The minimum Gasteiger partial charge on any atom is -0.457 e. The van der Waals surface area contributed by atoms with E-state index in [1.807, 2.05) is 48.5 Å². The van der Waals surface area contributed by atoms with Crippen LogP contribution in [0.2, 0.25) is 0 Å². The van der Waals surface area contributed by atoms with E-state index in [0.717, 1.165) is 78.2 Å². The maximum Gasteiger partial charge on any atom is 0.227 e. The van der Waals surface area contributed by atoms with Crippen molar-refractivity contribution >= 4 is 22.2 Å². The van der Waals surface area contributed by atoms with Crippen LogP contribution < -0.4 is 4.74 Å². The Morgan fingerprint density at radius 3 is 1.41 bits per heavy atom. The fraction of sp³-hybridized carbons (Fsp3) is 0.0196. The number of hydrogen-bond acceptors (Lipinski definition) is 5. The molecule has 5 nitrogen and oxygen atoms in total. The van der Waals surface area contributed by atoms with Gasteiger partial charge < -0.3 is 13.6 Å². The molecule has 5 heteroatoms. The summed E-state index contributed by atoms with van der Waals surface area (Å²) in [5, 5.41) is 0. The molecule has 2 aliphatic rings. The predicted octanol–water partition coefficient (Wildman–Crippen LogP) is 13.1. The Morgan fingerprint density at radius 2 is 0.804 bits per heavy atom. The summed E-state index contributed by atoms with van der Waals surface area (Å²) in [4.78, 5) is 9.78. The second-order valence-electron chi connectivity index (χ2n) is 14.5. The standard InChI is InChI=1S/C51H30N2O3/c1-2-14-36(32-27-33(49-52-43-19-7-11-23-47(43)55-49)29-34(28-32)50-53-44-20-8-12-24-48(44)56-50)35(13-1)31-25-26-38-37-15-3-4-16-39(37)51(42(38)30-31)40-17-5-9-21-45(40)54-46-22-10-6-18-41(46)51/h1-30H. The fourth-order valence-corrected chi connectivity index (χ4v) is 9.03. The van der Waals surface area contributed by atoms with Gasteiger partial charge in [0.15, 0.2) is 11.2 Å². The molecule has 0 saturated carbocycles. The minimum absolute atomic E-state index is 0.539. The van der Waals surface area contributed by atoms with E-state index in [4.69, 9.17) is 23.5 Å². The molecule has 0 saturated heterocycles. The number of aromatic nitrogens is 2. The van der Waals surface area contributed by atoms with Crippen molar-refractivity contribution in [3.8, 4) is 67.8 Å². The van der Waals surface area contributed by atoms with Gasteiger partial charge in [-0.2, -0.15) is 0 Å². The van der Waals surface area contributed by atoms with Crippen LogP contribution in [-0.2, 0) is 5.41 Å². The average Bonchev–Trinajstić information content (AvgIpc) is 3.97. The van der Waals surface area contributed by atoms with Crippen molar-refractivity contribution in [1.29, 1.82) is 0 Å². The highest BCUT2D eigenvalue weighted by atomic mass is 16.5. The van der Waals surface area contributed by atoms with Crippen molar-refractivity contribution in [2.45, 2.75) is 5.41 Å². The molecule has 0 amide bonds. The number of para-hydroxylation sites is 6. The van der Waals surface area contributed by atoms with Gasteiger partial charge in [0.05, 0.1) is 5.41 Å². The van der Waals surface area contributed by atoms with Gasteiger partial charge in [-0.1, -0.05) is 121 Å². The summed E-state index contributed by atoms with van der Waals surface area (Å²) in [6.07, 6.45) is 0. The molecule has 0 atom stereocenters. The zero-order chi connectivity index (χ0) is 36.8. The third kappa shape index (κ3) is 4.42. The Bertz CT molecular complexity index is 3000. The predicted molar refractivity (Wildman–Crippen MR) is 221 cm³/mol. The van der Waals surface area contributed by atoms with Gasteiger partial charge >= 0.3 is 0 Å². The molecule has 0 radical (unpaired) electrons. The number of fused-ring (bicyclic) bond motifs is 11. The summed E-state index contributed by atoms with van der Waals surface area (Å²) in [6.45, 7) is 0. The van der Waals surface area contributed by atoms with Crippen molar-refractivity contribution in [3.63, 3.8) is 0 Å². The molecule has 0 N–H and O–H groups in total. The highest BCUT2D eigenvalue weighted by molar-refractivity contribution is 5.93. The Kier molecular flexibility index (Phi) is 6.48. The summed E-state index contributed by atoms with van der Waals surface area (Å²) in [7, 11) is 0. The second-order valence-corrected chi connectivity index (χ2v) is 14.5.